The minimum atomic E-state index is -3.45. The molecule has 114 valence electrons. The van der Waals surface area contributed by atoms with Gasteiger partial charge in [0.05, 0.1) is 17.6 Å². The molecule has 0 aliphatic rings. The van der Waals surface area contributed by atoms with Crippen LogP contribution >= 0.6 is 0 Å². The third kappa shape index (κ3) is 6.00. The number of hydrogen-bond donors (Lipinski definition) is 2. The molecule has 0 amide bonds. The zero-order valence-corrected chi connectivity index (χ0v) is 13.2. The normalized spacial score (nSPS) is 12.0. The monoisotopic (exact) mass is 300 g/mol. The van der Waals surface area contributed by atoms with Crippen LogP contribution in [0.3, 0.4) is 0 Å². The van der Waals surface area contributed by atoms with Gasteiger partial charge in [-0.25, -0.2) is 13.1 Å². The zero-order chi connectivity index (χ0) is 15.0. The van der Waals surface area contributed by atoms with Crippen LogP contribution in [0.2, 0.25) is 0 Å². The largest absolute Gasteiger partial charge is 0.377 e. The Morgan fingerprint density at radius 3 is 2.40 bits per heavy atom. The summed E-state index contributed by atoms with van der Waals surface area (Å²) >= 11 is 0. The summed E-state index contributed by atoms with van der Waals surface area (Å²) in [7, 11) is -3.45. The third-order valence-corrected chi connectivity index (χ3v) is 4.14. The maximum absolute atomic E-state index is 12.0. The Labute approximate surface area is 121 Å². The zero-order valence-electron chi connectivity index (χ0n) is 12.3. The Morgan fingerprint density at radius 2 is 1.85 bits per heavy atom. The fraction of sp³-hybridized carbons (Fsp3) is 0.571. The van der Waals surface area contributed by atoms with Gasteiger partial charge in [-0.15, -0.1) is 0 Å². The van der Waals surface area contributed by atoms with E-state index in [0.717, 1.165) is 18.7 Å². The maximum atomic E-state index is 12.0. The van der Waals surface area contributed by atoms with Crippen LogP contribution in [-0.4, -0.2) is 34.2 Å². The highest BCUT2D eigenvalue weighted by atomic mass is 32.2. The average Bonchev–Trinajstić information content (AvgIpc) is 2.42. The summed E-state index contributed by atoms with van der Waals surface area (Å²) in [6.07, 6.45) is 0.102. The second kappa shape index (κ2) is 8.36. The molecule has 5 nitrogen and oxygen atoms in total. The van der Waals surface area contributed by atoms with Crippen molar-refractivity contribution in [3.05, 3.63) is 29.8 Å². The van der Waals surface area contributed by atoms with Gasteiger partial charge in [-0.2, -0.15) is 0 Å². The molecule has 0 heterocycles. The smallest absolute Gasteiger partial charge is 0.240 e. The first-order chi connectivity index (χ1) is 9.45. The lowest BCUT2D eigenvalue weighted by atomic mass is 10.2. The van der Waals surface area contributed by atoms with Crippen molar-refractivity contribution in [1.82, 2.24) is 10.0 Å². The molecule has 6 heteroatoms. The summed E-state index contributed by atoms with van der Waals surface area (Å²) in [6.45, 7) is 8.14. The Balaban J connectivity index is 2.54. The Kier molecular flexibility index (Phi) is 7.15. The van der Waals surface area contributed by atoms with Crippen molar-refractivity contribution in [2.24, 2.45) is 0 Å². The van der Waals surface area contributed by atoms with Crippen molar-refractivity contribution < 1.29 is 13.2 Å². The molecule has 0 atom stereocenters. The number of benzene rings is 1. The van der Waals surface area contributed by atoms with Gasteiger partial charge in [-0.1, -0.05) is 19.1 Å². The minimum absolute atomic E-state index is 0.102. The van der Waals surface area contributed by atoms with Gasteiger partial charge in [-0.3, -0.25) is 0 Å². The number of nitrogens with one attached hydrogen (secondary N) is 2. The molecule has 0 fully saturated rings. The van der Waals surface area contributed by atoms with Crippen LogP contribution < -0.4 is 10.0 Å². The highest BCUT2D eigenvalue weighted by molar-refractivity contribution is 7.89. The molecule has 0 saturated heterocycles. The first-order valence-corrected chi connectivity index (χ1v) is 8.35. The lowest BCUT2D eigenvalue weighted by Gasteiger charge is -2.10. The van der Waals surface area contributed by atoms with Gasteiger partial charge in [0.15, 0.2) is 0 Å². The van der Waals surface area contributed by atoms with Crippen LogP contribution in [0.15, 0.2) is 29.2 Å². The molecule has 1 aromatic rings. The van der Waals surface area contributed by atoms with Crippen LogP contribution in [0.1, 0.15) is 26.3 Å². The predicted molar refractivity (Wildman–Crippen MR) is 80.1 cm³/mol. The van der Waals surface area contributed by atoms with Gasteiger partial charge in [0.2, 0.25) is 10.0 Å². The fourth-order valence-electron chi connectivity index (χ4n) is 1.61. The highest BCUT2D eigenvalue weighted by Gasteiger charge is 2.12. The number of rotatable bonds is 9. The Morgan fingerprint density at radius 1 is 1.20 bits per heavy atom. The topological polar surface area (TPSA) is 67.4 Å². The van der Waals surface area contributed by atoms with E-state index in [-0.39, 0.29) is 17.5 Å². The van der Waals surface area contributed by atoms with E-state index in [2.05, 4.69) is 10.0 Å². The third-order valence-electron chi connectivity index (χ3n) is 2.66. The van der Waals surface area contributed by atoms with Crippen LogP contribution in [0, 0.1) is 0 Å². The molecule has 0 aliphatic heterocycles. The molecule has 2 N–H and O–H groups in total. The second-order valence-corrected chi connectivity index (χ2v) is 6.51. The first kappa shape index (κ1) is 17.1. The molecular weight excluding hydrogens is 276 g/mol. The molecule has 0 bridgehead atoms. The summed E-state index contributed by atoms with van der Waals surface area (Å²) in [5.74, 6) is 0. The fourth-order valence-corrected chi connectivity index (χ4v) is 2.62. The summed E-state index contributed by atoms with van der Waals surface area (Å²) in [5, 5.41) is 3.19. The summed E-state index contributed by atoms with van der Waals surface area (Å²) in [6, 6.07) is 6.89. The van der Waals surface area contributed by atoms with Gasteiger partial charge in [-0.05, 0) is 38.1 Å². The van der Waals surface area contributed by atoms with Crippen molar-refractivity contribution in [1.29, 1.82) is 0 Å². The SMILES string of the molecule is CCNCc1ccc(S(=O)(=O)NCCOC(C)C)cc1. The van der Waals surface area contributed by atoms with E-state index in [9.17, 15) is 8.42 Å². The molecule has 0 aliphatic carbocycles. The molecule has 1 rings (SSSR count). The standard InChI is InChI=1S/C14H24N2O3S/c1-4-15-11-13-5-7-14(8-6-13)20(17,18)16-9-10-19-12(2)3/h5-8,12,15-16H,4,9-11H2,1-3H3. The van der Waals surface area contributed by atoms with Crippen molar-refractivity contribution in [3.63, 3.8) is 0 Å². The van der Waals surface area contributed by atoms with E-state index < -0.39 is 10.0 Å². The number of sulfonamides is 1. The van der Waals surface area contributed by atoms with E-state index in [4.69, 9.17) is 4.74 Å². The van der Waals surface area contributed by atoms with Crippen molar-refractivity contribution in [2.75, 3.05) is 19.7 Å². The van der Waals surface area contributed by atoms with Crippen molar-refractivity contribution in [2.45, 2.75) is 38.3 Å². The maximum Gasteiger partial charge on any atom is 0.240 e. The van der Waals surface area contributed by atoms with Gasteiger partial charge < -0.3 is 10.1 Å². The second-order valence-electron chi connectivity index (χ2n) is 4.74. The first-order valence-electron chi connectivity index (χ1n) is 6.86. The van der Waals surface area contributed by atoms with Crippen molar-refractivity contribution >= 4 is 10.0 Å². The van der Waals surface area contributed by atoms with E-state index in [1.54, 1.807) is 12.1 Å². The molecule has 0 unspecified atom stereocenters. The van der Waals surface area contributed by atoms with Crippen LogP contribution in [0.25, 0.3) is 0 Å². The molecule has 1 aromatic carbocycles. The van der Waals surface area contributed by atoms with Crippen LogP contribution in [0.4, 0.5) is 0 Å². The average molecular weight is 300 g/mol. The van der Waals surface area contributed by atoms with Gasteiger partial charge in [0.1, 0.15) is 0 Å². The highest BCUT2D eigenvalue weighted by Crippen LogP contribution is 2.10. The summed E-state index contributed by atoms with van der Waals surface area (Å²) in [4.78, 5) is 0.280. The molecule has 0 aromatic heterocycles. The van der Waals surface area contributed by atoms with Crippen LogP contribution in [-0.2, 0) is 21.3 Å². The Hall–Kier alpha value is -0.950. The number of hydrogen-bond acceptors (Lipinski definition) is 4. The number of ether oxygens (including phenoxy) is 1. The van der Waals surface area contributed by atoms with E-state index in [1.165, 1.54) is 0 Å². The summed E-state index contributed by atoms with van der Waals surface area (Å²) in [5.41, 5.74) is 1.06. The van der Waals surface area contributed by atoms with E-state index in [1.807, 2.05) is 32.9 Å². The quantitative estimate of drug-likeness (QED) is 0.678. The van der Waals surface area contributed by atoms with Gasteiger partial charge in [0.25, 0.3) is 0 Å². The minimum Gasteiger partial charge on any atom is -0.377 e. The molecule has 0 spiro atoms. The van der Waals surface area contributed by atoms with E-state index >= 15 is 0 Å². The lowest BCUT2D eigenvalue weighted by Crippen LogP contribution is -2.28. The van der Waals surface area contributed by atoms with Crippen molar-refractivity contribution in [3.8, 4) is 0 Å². The molecule has 0 saturated carbocycles. The molecule has 0 radical (unpaired) electrons. The lowest BCUT2D eigenvalue weighted by molar-refractivity contribution is 0.0834. The molecule has 20 heavy (non-hydrogen) atoms. The van der Waals surface area contributed by atoms with Gasteiger partial charge in [0, 0.05) is 13.1 Å². The predicted octanol–water partition coefficient (Wildman–Crippen LogP) is 1.50. The van der Waals surface area contributed by atoms with E-state index in [0.29, 0.717) is 6.61 Å². The Bertz CT molecular complexity index is 484. The van der Waals surface area contributed by atoms with Gasteiger partial charge >= 0.3 is 0 Å². The molecular formula is C14H24N2O3S. The van der Waals surface area contributed by atoms with Crippen LogP contribution in [0.5, 0.6) is 0 Å². The summed E-state index contributed by atoms with van der Waals surface area (Å²) < 4.78 is 31.9.